The maximum absolute atomic E-state index is 12.8. The van der Waals surface area contributed by atoms with Gasteiger partial charge in [0.1, 0.15) is 0 Å². The summed E-state index contributed by atoms with van der Waals surface area (Å²) in [4.78, 5) is 17.1. The van der Waals surface area contributed by atoms with Crippen LogP contribution < -0.4 is 0 Å². The summed E-state index contributed by atoms with van der Waals surface area (Å²) in [7, 11) is 0. The van der Waals surface area contributed by atoms with E-state index in [1.807, 2.05) is 52.2 Å². The molecule has 0 spiro atoms. The van der Waals surface area contributed by atoms with Crippen molar-refractivity contribution in [3.63, 3.8) is 0 Å². The molecule has 0 N–H and O–H groups in total. The standard InChI is InChI=1S/C24H26N4O/c29-24(23-18-25-28(20-23)19-22-10-5-2-6-11-22)27-16-14-26(15-17-27)13-7-12-21-8-3-1-4-9-21/h1-12,18,20H,13-17,19H2/b12-7+. The number of carbonyl (C=O) groups excluding carboxylic acids is 1. The molecule has 0 radical (unpaired) electrons. The molecule has 1 fully saturated rings. The highest BCUT2D eigenvalue weighted by atomic mass is 16.2. The van der Waals surface area contributed by atoms with Crippen LogP contribution in [0.2, 0.25) is 0 Å². The van der Waals surface area contributed by atoms with Crippen LogP contribution in [0.3, 0.4) is 0 Å². The third kappa shape index (κ3) is 5.21. The molecule has 1 aromatic heterocycles. The molecular weight excluding hydrogens is 360 g/mol. The Hall–Kier alpha value is -3.18. The van der Waals surface area contributed by atoms with Crippen LogP contribution in [0.4, 0.5) is 0 Å². The molecule has 0 aliphatic carbocycles. The largest absolute Gasteiger partial charge is 0.336 e. The molecule has 0 unspecified atom stereocenters. The molecule has 1 aliphatic rings. The maximum atomic E-state index is 12.8. The van der Waals surface area contributed by atoms with E-state index in [0.29, 0.717) is 12.1 Å². The van der Waals surface area contributed by atoms with Crippen molar-refractivity contribution in [2.45, 2.75) is 6.54 Å². The van der Waals surface area contributed by atoms with Gasteiger partial charge in [-0.05, 0) is 11.1 Å². The van der Waals surface area contributed by atoms with Gasteiger partial charge < -0.3 is 4.90 Å². The maximum Gasteiger partial charge on any atom is 0.257 e. The van der Waals surface area contributed by atoms with Gasteiger partial charge in [0.25, 0.3) is 5.91 Å². The molecule has 1 amide bonds. The molecule has 1 saturated heterocycles. The Morgan fingerprint density at radius 1 is 0.931 bits per heavy atom. The summed E-state index contributed by atoms with van der Waals surface area (Å²) in [5, 5.41) is 4.36. The quantitative estimate of drug-likeness (QED) is 0.652. The summed E-state index contributed by atoms with van der Waals surface area (Å²) in [5.41, 5.74) is 3.05. The van der Waals surface area contributed by atoms with Crippen molar-refractivity contribution in [2.24, 2.45) is 0 Å². The molecular formula is C24H26N4O. The molecule has 29 heavy (non-hydrogen) atoms. The fourth-order valence-corrected chi connectivity index (χ4v) is 3.55. The number of aromatic nitrogens is 2. The van der Waals surface area contributed by atoms with E-state index >= 15 is 0 Å². The zero-order valence-corrected chi connectivity index (χ0v) is 16.5. The Bertz CT molecular complexity index is 941. The van der Waals surface area contributed by atoms with Gasteiger partial charge in [-0.25, -0.2) is 0 Å². The lowest BCUT2D eigenvalue weighted by Crippen LogP contribution is -2.48. The molecule has 2 aromatic carbocycles. The number of hydrogen-bond acceptors (Lipinski definition) is 3. The summed E-state index contributed by atoms with van der Waals surface area (Å²) < 4.78 is 1.83. The Balaban J connectivity index is 1.26. The Kier molecular flexibility index (Phi) is 6.17. The van der Waals surface area contributed by atoms with Crippen LogP contribution in [0.15, 0.2) is 79.1 Å². The zero-order valence-electron chi connectivity index (χ0n) is 16.5. The van der Waals surface area contributed by atoms with E-state index < -0.39 is 0 Å². The highest BCUT2D eigenvalue weighted by Gasteiger charge is 2.22. The van der Waals surface area contributed by atoms with Gasteiger partial charge in [-0.1, -0.05) is 72.8 Å². The van der Waals surface area contributed by atoms with Crippen molar-refractivity contribution in [3.8, 4) is 0 Å². The Labute approximate surface area is 171 Å². The lowest BCUT2D eigenvalue weighted by molar-refractivity contribution is 0.0650. The second-order valence-corrected chi connectivity index (χ2v) is 7.32. The van der Waals surface area contributed by atoms with Crippen molar-refractivity contribution < 1.29 is 4.79 Å². The number of amides is 1. The van der Waals surface area contributed by atoms with Crippen LogP contribution in [0.5, 0.6) is 0 Å². The summed E-state index contributed by atoms with van der Waals surface area (Å²) in [6.07, 6.45) is 7.88. The van der Waals surface area contributed by atoms with Gasteiger partial charge in [-0.3, -0.25) is 14.4 Å². The number of rotatable bonds is 6. The molecule has 1 aliphatic heterocycles. The average molecular weight is 386 g/mol. The molecule has 0 bridgehead atoms. The molecule has 4 rings (SSSR count). The first kappa shape index (κ1) is 19.2. The predicted octanol–water partition coefficient (Wildman–Crippen LogP) is 3.40. The van der Waals surface area contributed by atoms with Gasteiger partial charge in [0, 0.05) is 38.9 Å². The minimum atomic E-state index is 0.0730. The monoisotopic (exact) mass is 386 g/mol. The highest BCUT2D eigenvalue weighted by Crippen LogP contribution is 2.10. The second kappa shape index (κ2) is 9.34. The van der Waals surface area contributed by atoms with Gasteiger partial charge in [-0.15, -0.1) is 0 Å². The third-order valence-electron chi connectivity index (χ3n) is 5.20. The fourth-order valence-electron chi connectivity index (χ4n) is 3.55. The van der Waals surface area contributed by atoms with Gasteiger partial charge in [0.15, 0.2) is 0 Å². The van der Waals surface area contributed by atoms with Gasteiger partial charge in [0.2, 0.25) is 0 Å². The van der Waals surface area contributed by atoms with Crippen LogP contribution in [0, 0.1) is 0 Å². The zero-order chi connectivity index (χ0) is 19.9. The van der Waals surface area contributed by atoms with Crippen molar-refractivity contribution >= 4 is 12.0 Å². The normalized spacial score (nSPS) is 15.1. The molecule has 5 heteroatoms. The topological polar surface area (TPSA) is 41.4 Å². The average Bonchev–Trinajstić information content (AvgIpc) is 3.24. The van der Waals surface area contributed by atoms with Crippen molar-refractivity contribution in [1.29, 1.82) is 0 Å². The van der Waals surface area contributed by atoms with E-state index in [1.54, 1.807) is 6.20 Å². The Morgan fingerprint density at radius 2 is 1.62 bits per heavy atom. The summed E-state index contributed by atoms with van der Waals surface area (Å²) in [6, 6.07) is 20.5. The van der Waals surface area contributed by atoms with Gasteiger partial charge >= 0.3 is 0 Å². The number of hydrogen-bond donors (Lipinski definition) is 0. The summed E-state index contributed by atoms with van der Waals surface area (Å²) in [5.74, 6) is 0.0730. The number of piperazine rings is 1. The minimum Gasteiger partial charge on any atom is -0.336 e. The third-order valence-corrected chi connectivity index (χ3v) is 5.20. The summed E-state index contributed by atoms with van der Waals surface area (Å²) in [6.45, 7) is 4.87. The van der Waals surface area contributed by atoms with E-state index in [9.17, 15) is 4.79 Å². The van der Waals surface area contributed by atoms with Crippen LogP contribution in [0.25, 0.3) is 6.08 Å². The molecule has 0 saturated carbocycles. The van der Waals surface area contributed by atoms with Gasteiger partial charge in [0.05, 0.1) is 18.3 Å². The van der Waals surface area contributed by atoms with Crippen LogP contribution >= 0.6 is 0 Å². The number of benzene rings is 2. The lowest BCUT2D eigenvalue weighted by Gasteiger charge is -2.34. The second-order valence-electron chi connectivity index (χ2n) is 7.32. The summed E-state index contributed by atoms with van der Waals surface area (Å²) >= 11 is 0. The van der Waals surface area contributed by atoms with Crippen molar-refractivity contribution in [2.75, 3.05) is 32.7 Å². The number of nitrogens with zero attached hydrogens (tertiary/aromatic N) is 4. The smallest absolute Gasteiger partial charge is 0.257 e. The first-order chi connectivity index (χ1) is 14.3. The van der Waals surface area contributed by atoms with Gasteiger partial charge in [-0.2, -0.15) is 5.10 Å². The van der Waals surface area contributed by atoms with E-state index in [2.05, 4.69) is 46.4 Å². The molecule has 148 valence electrons. The lowest BCUT2D eigenvalue weighted by atomic mass is 10.2. The van der Waals surface area contributed by atoms with E-state index in [4.69, 9.17) is 0 Å². The molecule has 2 heterocycles. The van der Waals surface area contributed by atoms with Crippen molar-refractivity contribution in [3.05, 3.63) is 95.8 Å². The first-order valence-corrected chi connectivity index (χ1v) is 10.1. The van der Waals surface area contributed by atoms with E-state index in [-0.39, 0.29) is 5.91 Å². The minimum absolute atomic E-state index is 0.0730. The fraction of sp³-hybridized carbons (Fsp3) is 0.250. The highest BCUT2D eigenvalue weighted by molar-refractivity contribution is 5.93. The van der Waals surface area contributed by atoms with Crippen molar-refractivity contribution in [1.82, 2.24) is 19.6 Å². The first-order valence-electron chi connectivity index (χ1n) is 10.1. The van der Waals surface area contributed by atoms with E-state index in [0.717, 1.165) is 32.7 Å². The number of carbonyl (C=O) groups is 1. The van der Waals surface area contributed by atoms with Crippen LogP contribution in [0.1, 0.15) is 21.5 Å². The predicted molar refractivity (Wildman–Crippen MR) is 116 cm³/mol. The SMILES string of the molecule is O=C(c1cnn(Cc2ccccc2)c1)N1CCN(C/C=C/c2ccccc2)CC1. The van der Waals surface area contributed by atoms with E-state index in [1.165, 1.54) is 11.1 Å². The van der Waals surface area contributed by atoms with Crippen LogP contribution in [-0.4, -0.2) is 58.2 Å². The van der Waals surface area contributed by atoms with Crippen LogP contribution in [-0.2, 0) is 6.54 Å². The molecule has 0 atom stereocenters. The Morgan fingerprint density at radius 3 is 2.34 bits per heavy atom. The molecule has 5 nitrogen and oxygen atoms in total. The molecule has 3 aromatic rings.